The van der Waals surface area contributed by atoms with Crippen molar-refractivity contribution in [1.82, 2.24) is 30.2 Å². The van der Waals surface area contributed by atoms with Gasteiger partial charge in [-0.3, -0.25) is 23.3 Å². The molecule has 2 unspecified atom stereocenters. The molecule has 1 aromatic carbocycles. The van der Waals surface area contributed by atoms with Crippen LogP contribution in [0.15, 0.2) is 47.5 Å². The minimum absolute atomic E-state index is 0.134. The highest BCUT2D eigenvalue weighted by atomic mass is 79.9. The third-order valence-electron chi connectivity index (χ3n) is 9.79. The average molecular weight is 857 g/mol. The standard InChI is InChI=1S/C33H44BrN7O11P2/c34-33-39-28(25-29(40-33)41(17-38-25)32-27(43)26(42)24(52-32)16-51-54(49,50)18-53(46,47)48)37-15-19-5-8-21(9-6-19)30(44)35-11-3-1-2-4-12-36-31(45)23-14-20-7-10-22(23)13-20/h5-10,17,20,22-24,26-27,32,42-43H,1-4,11-16,18H2,(H,35,44)(H,36,45)(H,49,50)(H,37,39,40)(H2,46,47,48)/t20-,22+,23?,24+,26+,27+,32+/m0/s1. The third kappa shape index (κ3) is 10.2. The Morgan fingerprint density at radius 2 is 1.69 bits per heavy atom. The quantitative estimate of drug-likeness (QED) is 0.0396. The van der Waals surface area contributed by atoms with Gasteiger partial charge in [-0.2, -0.15) is 0 Å². The van der Waals surface area contributed by atoms with Gasteiger partial charge in [0.05, 0.1) is 12.9 Å². The molecule has 2 bridgehead atoms. The number of hydrogen-bond donors (Lipinski definition) is 8. The maximum Gasteiger partial charge on any atom is 0.340 e. The van der Waals surface area contributed by atoms with E-state index in [9.17, 15) is 33.8 Å². The van der Waals surface area contributed by atoms with Crippen LogP contribution >= 0.6 is 31.1 Å². The lowest BCUT2D eigenvalue weighted by atomic mass is 9.93. The lowest BCUT2D eigenvalue weighted by Gasteiger charge is -2.18. The van der Waals surface area contributed by atoms with Crippen LogP contribution in [0.25, 0.3) is 11.2 Å². The molecule has 1 saturated heterocycles. The minimum atomic E-state index is -4.86. The summed E-state index contributed by atoms with van der Waals surface area (Å²) in [5.74, 6) is 0.0567. The Balaban J connectivity index is 0.940. The molecule has 1 aliphatic heterocycles. The molecule has 0 radical (unpaired) electrons. The molecule has 18 nitrogen and oxygen atoms in total. The molecular weight excluding hydrogens is 812 g/mol. The molecule has 0 spiro atoms. The first kappa shape index (κ1) is 40.6. The summed E-state index contributed by atoms with van der Waals surface area (Å²) in [5.41, 5.74) is 1.89. The summed E-state index contributed by atoms with van der Waals surface area (Å²) in [5, 5.41) is 30.5. The molecule has 1 saturated carbocycles. The van der Waals surface area contributed by atoms with Gasteiger partial charge in [-0.15, -0.1) is 0 Å². The van der Waals surface area contributed by atoms with Crippen molar-refractivity contribution < 1.29 is 52.9 Å². The van der Waals surface area contributed by atoms with Crippen LogP contribution in [0, 0.1) is 17.8 Å². The zero-order valence-corrected chi connectivity index (χ0v) is 32.5. The third-order valence-corrected chi connectivity index (χ3v) is 13.6. The van der Waals surface area contributed by atoms with Crippen molar-refractivity contribution in [3.05, 3.63) is 58.6 Å². The van der Waals surface area contributed by atoms with Crippen LogP contribution < -0.4 is 16.0 Å². The van der Waals surface area contributed by atoms with Crippen LogP contribution in [-0.4, -0.2) is 100 Å². The van der Waals surface area contributed by atoms with E-state index in [1.165, 1.54) is 10.9 Å². The smallest absolute Gasteiger partial charge is 0.340 e. The van der Waals surface area contributed by atoms with Crippen LogP contribution in [0.2, 0.25) is 0 Å². The molecule has 8 N–H and O–H groups in total. The van der Waals surface area contributed by atoms with E-state index in [4.69, 9.17) is 19.0 Å². The van der Waals surface area contributed by atoms with E-state index in [1.807, 2.05) is 12.1 Å². The number of aromatic nitrogens is 4. The summed E-state index contributed by atoms with van der Waals surface area (Å²) in [4.78, 5) is 66.0. The van der Waals surface area contributed by atoms with Crippen molar-refractivity contribution in [2.24, 2.45) is 17.8 Å². The average Bonchev–Trinajstić information content (AvgIpc) is 3.91. The van der Waals surface area contributed by atoms with Crippen molar-refractivity contribution in [3.63, 3.8) is 0 Å². The maximum absolute atomic E-state index is 12.7. The van der Waals surface area contributed by atoms with Crippen LogP contribution in [0.1, 0.15) is 60.7 Å². The highest BCUT2D eigenvalue weighted by Gasteiger charge is 2.46. The zero-order chi connectivity index (χ0) is 38.6. The largest absolute Gasteiger partial charge is 0.387 e. The molecule has 21 heteroatoms. The van der Waals surface area contributed by atoms with Crippen LogP contribution in [0.4, 0.5) is 5.82 Å². The number of fused-ring (bicyclic) bond motifs is 3. The molecule has 3 aromatic rings. The lowest BCUT2D eigenvalue weighted by molar-refractivity contribution is -0.125. The number of benzene rings is 1. The first-order valence-corrected chi connectivity index (χ1v) is 22.0. The number of amides is 2. The van der Waals surface area contributed by atoms with Crippen molar-refractivity contribution in [3.8, 4) is 0 Å². The monoisotopic (exact) mass is 855 g/mol. The second-order valence-corrected chi connectivity index (χ2v) is 18.6. The normalized spacial score (nSPS) is 25.9. The topological polar surface area (TPSA) is 268 Å². The van der Waals surface area contributed by atoms with Crippen molar-refractivity contribution >= 4 is 59.9 Å². The fourth-order valence-electron chi connectivity index (χ4n) is 7.05. The number of ether oxygens (including phenoxy) is 1. The number of carbonyl (C=O) groups is 2. The van der Waals surface area contributed by atoms with E-state index in [-0.39, 0.29) is 28.1 Å². The number of carbonyl (C=O) groups excluding carboxylic acids is 2. The van der Waals surface area contributed by atoms with Gasteiger partial charge >= 0.3 is 15.2 Å². The Morgan fingerprint density at radius 1 is 0.963 bits per heavy atom. The number of imidazole rings is 1. The van der Waals surface area contributed by atoms with Gasteiger partial charge < -0.3 is 50.1 Å². The fourth-order valence-corrected chi connectivity index (χ4v) is 9.97. The lowest BCUT2D eigenvalue weighted by Crippen LogP contribution is -2.33. The molecule has 8 atom stereocenters. The number of halogens is 1. The van der Waals surface area contributed by atoms with Crippen molar-refractivity contribution in [2.45, 2.75) is 69.6 Å². The number of hydrogen-bond acceptors (Lipinski definition) is 12. The van der Waals surface area contributed by atoms with Gasteiger partial charge in [0.25, 0.3) is 5.91 Å². The highest BCUT2D eigenvalue weighted by molar-refractivity contribution is 9.10. The highest BCUT2D eigenvalue weighted by Crippen LogP contribution is 2.55. The zero-order valence-electron chi connectivity index (χ0n) is 29.1. The van der Waals surface area contributed by atoms with Crippen LogP contribution in [-0.2, 0) is 29.7 Å². The molecule has 3 heterocycles. The molecule has 2 amide bonds. The van der Waals surface area contributed by atoms with E-state index >= 15 is 0 Å². The number of aliphatic hydroxyl groups excluding tert-OH is 2. The van der Waals surface area contributed by atoms with E-state index in [1.54, 1.807) is 12.1 Å². The maximum atomic E-state index is 12.7. The molecule has 2 fully saturated rings. The number of unbranched alkanes of at least 4 members (excludes halogenated alkanes) is 3. The summed E-state index contributed by atoms with van der Waals surface area (Å²) in [6.07, 6.45) is 5.81. The molecule has 2 aliphatic carbocycles. The van der Waals surface area contributed by atoms with Gasteiger partial charge in [0.15, 0.2) is 29.1 Å². The van der Waals surface area contributed by atoms with Gasteiger partial charge in [-0.05, 0) is 71.1 Å². The summed E-state index contributed by atoms with van der Waals surface area (Å²) in [7, 11) is -9.59. The molecular formula is C33H44BrN7O11P2. The Hall–Kier alpha value is -3.09. The second kappa shape index (κ2) is 17.4. The predicted octanol–water partition coefficient (Wildman–Crippen LogP) is 2.78. The number of rotatable bonds is 18. The summed E-state index contributed by atoms with van der Waals surface area (Å²) >= 11 is 3.27. The van der Waals surface area contributed by atoms with E-state index < -0.39 is 52.2 Å². The Morgan fingerprint density at radius 3 is 2.35 bits per heavy atom. The minimum Gasteiger partial charge on any atom is -0.387 e. The summed E-state index contributed by atoms with van der Waals surface area (Å²) in [6, 6.07) is 7.08. The van der Waals surface area contributed by atoms with Gasteiger partial charge in [0, 0.05) is 31.1 Å². The number of nitrogens with one attached hydrogen (secondary N) is 3. The second-order valence-electron chi connectivity index (χ2n) is 13.8. The Bertz CT molecular complexity index is 1940. The number of aliphatic hydroxyl groups is 2. The van der Waals surface area contributed by atoms with Gasteiger partial charge in [0.2, 0.25) is 10.6 Å². The van der Waals surface area contributed by atoms with E-state index in [2.05, 4.69) is 59.0 Å². The van der Waals surface area contributed by atoms with Gasteiger partial charge in [0.1, 0.15) is 18.3 Å². The number of nitrogens with zero attached hydrogens (tertiary/aromatic N) is 4. The number of anilines is 1. The Labute approximate surface area is 319 Å². The molecule has 6 rings (SSSR count). The molecule has 294 valence electrons. The van der Waals surface area contributed by atoms with E-state index in [0.717, 1.165) is 44.1 Å². The predicted molar refractivity (Wildman–Crippen MR) is 198 cm³/mol. The molecule has 54 heavy (non-hydrogen) atoms. The summed E-state index contributed by atoms with van der Waals surface area (Å²) < 4.78 is 35.2. The van der Waals surface area contributed by atoms with Gasteiger partial charge in [-0.1, -0.05) is 37.1 Å². The van der Waals surface area contributed by atoms with E-state index in [0.29, 0.717) is 48.4 Å². The molecule has 2 aromatic heterocycles. The van der Waals surface area contributed by atoms with Crippen LogP contribution in [0.3, 0.4) is 0 Å². The first-order chi connectivity index (χ1) is 25.7. The number of allylic oxidation sites excluding steroid dienone is 2. The van der Waals surface area contributed by atoms with Crippen molar-refractivity contribution in [1.29, 1.82) is 0 Å². The summed E-state index contributed by atoms with van der Waals surface area (Å²) in [6.45, 7) is 0.812. The fraction of sp³-hybridized carbons (Fsp3) is 0.545. The van der Waals surface area contributed by atoms with Crippen LogP contribution in [0.5, 0.6) is 0 Å². The first-order valence-electron chi connectivity index (χ1n) is 17.7. The SMILES string of the molecule is O=C(NCCCCCCNC(=O)C1C[C@H]2C=C[C@@H]1C2)c1ccc(CNc2nc(Br)nc3c2ncn3[C@@H]2O[C@H](COP(=O)(O)CP(=O)(O)O)[C@@H](O)[C@H]2O)cc1. The van der Waals surface area contributed by atoms with Crippen molar-refractivity contribution in [2.75, 3.05) is 30.9 Å². The van der Waals surface area contributed by atoms with Gasteiger partial charge in [-0.25, -0.2) is 15.0 Å². The Kier molecular flexibility index (Phi) is 13.0. The molecule has 3 aliphatic rings.